The molecule has 1 aromatic carbocycles. The highest BCUT2D eigenvalue weighted by Crippen LogP contribution is 2.34. The molecule has 0 spiro atoms. The maximum Gasteiger partial charge on any atom is 0.417 e. The summed E-state index contributed by atoms with van der Waals surface area (Å²) >= 11 is 0. The van der Waals surface area contributed by atoms with Crippen molar-refractivity contribution in [1.82, 2.24) is 14.8 Å². The van der Waals surface area contributed by atoms with E-state index in [4.69, 9.17) is 9.47 Å². The van der Waals surface area contributed by atoms with E-state index in [1.165, 1.54) is 31.0 Å². The summed E-state index contributed by atoms with van der Waals surface area (Å²) in [7, 11) is 2.97. The van der Waals surface area contributed by atoms with Crippen LogP contribution in [-0.2, 0) is 12.6 Å². The van der Waals surface area contributed by atoms with Gasteiger partial charge < -0.3 is 14.8 Å². The zero-order chi connectivity index (χ0) is 23.5. The summed E-state index contributed by atoms with van der Waals surface area (Å²) in [6.07, 6.45) is -1.66. The molecule has 0 aliphatic carbocycles. The molecular formula is C22H21F3N4O3. The predicted octanol–water partition coefficient (Wildman–Crippen LogP) is 4.59. The summed E-state index contributed by atoms with van der Waals surface area (Å²) < 4.78 is 50.5. The first-order valence-electron chi connectivity index (χ1n) is 9.45. The average molecular weight is 446 g/mol. The minimum atomic E-state index is -4.50. The van der Waals surface area contributed by atoms with Gasteiger partial charge in [-0.2, -0.15) is 23.0 Å². The minimum Gasteiger partial charge on any atom is -0.493 e. The van der Waals surface area contributed by atoms with Gasteiger partial charge in [0, 0.05) is 23.4 Å². The number of pyridine rings is 1. The summed E-state index contributed by atoms with van der Waals surface area (Å²) in [5.74, 6) is 0.787. The maximum absolute atomic E-state index is 13.0. The highest BCUT2D eigenvalue weighted by molar-refractivity contribution is 6.04. The van der Waals surface area contributed by atoms with Crippen molar-refractivity contribution in [3.63, 3.8) is 0 Å². The third-order valence-corrected chi connectivity index (χ3v) is 4.55. The molecule has 0 bridgehead atoms. The van der Waals surface area contributed by atoms with Crippen LogP contribution in [0.1, 0.15) is 27.2 Å². The Morgan fingerprint density at radius 2 is 1.97 bits per heavy atom. The number of methoxy groups -OCH3 is 2. The van der Waals surface area contributed by atoms with Crippen molar-refractivity contribution in [3.05, 3.63) is 71.6 Å². The van der Waals surface area contributed by atoms with E-state index in [2.05, 4.69) is 22.0 Å². The fourth-order valence-electron chi connectivity index (χ4n) is 3.11. The highest BCUT2D eigenvalue weighted by Gasteiger charge is 2.31. The summed E-state index contributed by atoms with van der Waals surface area (Å²) in [5, 5.41) is 6.95. The number of hydrogen-bond donors (Lipinski definition) is 1. The standard InChI is InChI=1S/C22H21F3N4O3/c1-5-6-14-10-15(11-17(31-3)20(14)32-4)21(30)27-19-9-13(2)28-29(19)18-8-7-16(12-26-18)22(23,24)25/h5,7-12H,1,6H2,2-4H3,(H,27,30). The van der Waals surface area contributed by atoms with Crippen LogP contribution >= 0.6 is 0 Å². The van der Waals surface area contributed by atoms with Gasteiger partial charge in [-0.05, 0) is 37.6 Å². The van der Waals surface area contributed by atoms with Crippen LogP contribution in [0.3, 0.4) is 0 Å². The third kappa shape index (κ3) is 4.74. The molecule has 0 aliphatic heterocycles. The van der Waals surface area contributed by atoms with Crippen LogP contribution in [0.5, 0.6) is 11.5 Å². The van der Waals surface area contributed by atoms with Crippen LogP contribution in [0.15, 0.2) is 49.2 Å². The van der Waals surface area contributed by atoms with Gasteiger partial charge in [-0.25, -0.2) is 4.98 Å². The number of carbonyl (C=O) groups excluding carboxylic acids is 1. The number of halogens is 3. The number of rotatable bonds is 7. The Morgan fingerprint density at radius 3 is 2.53 bits per heavy atom. The molecule has 3 rings (SSSR count). The number of allylic oxidation sites excluding steroid dienone is 1. The maximum atomic E-state index is 13.0. The molecule has 0 saturated carbocycles. The molecule has 3 aromatic rings. The Hall–Kier alpha value is -3.82. The second-order valence-electron chi connectivity index (χ2n) is 6.80. The second kappa shape index (κ2) is 9.13. The first kappa shape index (κ1) is 22.9. The molecule has 7 nitrogen and oxygen atoms in total. The summed E-state index contributed by atoms with van der Waals surface area (Å²) in [5.41, 5.74) is 0.670. The smallest absolute Gasteiger partial charge is 0.417 e. The van der Waals surface area contributed by atoms with Crippen molar-refractivity contribution in [1.29, 1.82) is 0 Å². The number of anilines is 1. The molecule has 2 aromatic heterocycles. The summed E-state index contributed by atoms with van der Waals surface area (Å²) in [6.45, 7) is 5.40. The highest BCUT2D eigenvalue weighted by atomic mass is 19.4. The van der Waals surface area contributed by atoms with Gasteiger partial charge in [0.25, 0.3) is 5.91 Å². The van der Waals surface area contributed by atoms with Crippen LogP contribution < -0.4 is 14.8 Å². The fourth-order valence-corrected chi connectivity index (χ4v) is 3.11. The Morgan fingerprint density at radius 1 is 1.22 bits per heavy atom. The van der Waals surface area contributed by atoms with Gasteiger partial charge in [0.1, 0.15) is 5.82 Å². The number of ether oxygens (including phenoxy) is 2. The van der Waals surface area contributed by atoms with Gasteiger partial charge in [-0.15, -0.1) is 6.58 Å². The average Bonchev–Trinajstić information content (AvgIpc) is 3.12. The van der Waals surface area contributed by atoms with E-state index < -0.39 is 17.6 Å². The Kier molecular flexibility index (Phi) is 6.52. The van der Waals surface area contributed by atoms with Crippen LogP contribution in [0, 0.1) is 6.92 Å². The van der Waals surface area contributed by atoms with E-state index in [0.717, 1.165) is 6.07 Å². The van der Waals surface area contributed by atoms with Gasteiger partial charge in [0.05, 0.1) is 25.5 Å². The van der Waals surface area contributed by atoms with Crippen molar-refractivity contribution < 1.29 is 27.4 Å². The van der Waals surface area contributed by atoms with Gasteiger partial charge in [-0.1, -0.05) is 6.08 Å². The predicted molar refractivity (Wildman–Crippen MR) is 112 cm³/mol. The number of benzene rings is 1. The number of nitrogens with one attached hydrogen (secondary N) is 1. The second-order valence-corrected chi connectivity index (χ2v) is 6.80. The molecule has 32 heavy (non-hydrogen) atoms. The van der Waals surface area contributed by atoms with Crippen LogP contribution in [-0.4, -0.2) is 34.9 Å². The molecule has 1 N–H and O–H groups in total. The zero-order valence-corrected chi connectivity index (χ0v) is 17.7. The van der Waals surface area contributed by atoms with E-state index >= 15 is 0 Å². The molecule has 10 heteroatoms. The van der Waals surface area contributed by atoms with Crippen molar-refractivity contribution in [3.8, 4) is 17.3 Å². The molecule has 0 atom stereocenters. The SMILES string of the molecule is C=CCc1cc(C(=O)Nc2cc(C)nn2-c2ccc(C(F)(F)F)cn2)cc(OC)c1OC. The Bertz CT molecular complexity index is 1140. The Labute approximate surface area is 182 Å². The molecule has 0 unspecified atom stereocenters. The van der Waals surface area contributed by atoms with Crippen molar-refractivity contribution in [2.75, 3.05) is 19.5 Å². The summed E-state index contributed by atoms with van der Waals surface area (Å²) in [4.78, 5) is 16.8. The molecular weight excluding hydrogens is 425 g/mol. The Balaban J connectivity index is 1.94. The largest absolute Gasteiger partial charge is 0.493 e. The van der Waals surface area contributed by atoms with Gasteiger partial charge in [-0.3, -0.25) is 4.79 Å². The van der Waals surface area contributed by atoms with Crippen LogP contribution in [0.2, 0.25) is 0 Å². The topological polar surface area (TPSA) is 78.3 Å². The van der Waals surface area contributed by atoms with E-state index in [1.54, 1.807) is 25.1 Å². The molecule has 0 aliphatic rings. The lowest BCUT2D eigenvalue weighted by Crippen LogP contribution is -2.16. The third-order valence-electron chi connectivity index (χ3n) is 4.55. The van der Waals surface area contributed by atoms with Crippen molar-refractivity contribution in [2.24, 2.45) is 0 Å². The summed E-state index contributed by atoms with van der Waals surface area (Å²) in [6, 6.07) is 6.86. The van der Waals surface area contributed by atoms with Gasteiger partial charge >= 0.3 is 6.18 Å². The first-order chi connectivity index (χ1) is 15.2. The molecule has 168 valence electrons. The van der Waals surface area contributed by atoms with Gasteiger partial charge in [0.2, 0.25) is 0 Å². The number of aromatic nitrogens is 3. The lowest BCUT2D eigenvalue weighted by atomic mass is 10.0. The molecule has 0 saturated heterocycles. The molecule has 0 fully saturated rings. The van der Waals surface area contributed by atoms with E-state index in [-0.39, 0.29) is 11.6 Å². The molecule has 2 heterocycles. The fraction of sp³-hybridized carbons (Fsp3) is 0.227. The van der Waals surface area contributed by atoms with Crippen LogP contribution in [0.25, 0.3) is 5.82 Å². The van der Waals surface area contributed by atoms with E-state index in [1.807, 2.05) is 0 Å². The van der Waals surface area contributed by atoms with E-state index in [9.17, 15) is 18.0 Å². The number of amides is 1. The molecule has 1 amide bonds. The number of hydrogen-bond acceptors (Lipinski definition) is 5. The molecule has 0 radical (unpaired) electrons. The number of aryl methyl sites for hydroxylation is 1. The normalized spacial score (nSPS) is 11.2. The minimum absolute atomic E-state index is 0.126. The number of alkyl halides is 3. The van der Waals surface area contributed by atoms with Gasteiger partial charge in [0.15, 0.2) is 17.3 Å². The number of nitrogens with zero attached hydrogens (tertiary/aromatic N) is 3. The first-order valence-corrected chi connectivity index (χ1v) is 9.45. The van der Waals surface area contributed by atoms with E-state index in [0.29, 0.717) is 40.9 Å². The van der Waals surface area contributed by atoms with Crippen LogP contribution in [0.4, 0.5) is 19.0 Å². The zero-order valence-electron chi connectivity index (χ0n) is 17.7. The lowest BCUT2D eigenvalue weighted by molar-refractivity contribution is -0.137. The van der Waals surface area contributed by atoms with Crippen molar-refractivity contribution in [2.45, 2.75) is 19.5 Å². The number of carbonyl (C=O) groups is 1. The van der Waals surface area contributed by atoms with Crippen molar-refractivity contribution >= 4 is 11.7 Å². The lowest BCUT2D eigenvalue weighted by Gasteiger charge is -2.15. The quantitative estimate of drug-likeness (QED) is 0.537. The monoisotopic (exact) mass is 446 g/mol.